The number of aliphatic hydroxyl groups excluding tert-OH is 1. The highest BCUT2D eigenvalue weighted by molar-refractivity contribution is 5.83. The molecule has 1 heterocycles. The molecule has 1 fully saturated rings. The van der Waals surface area contributed by atoms with Crippen molar-refractivity contribution in [2.75, 3.05) is 0 Å². The van der Waals surface area contributed by atoms with Gasteiger partial charge in [-0.25, -0.2) is 14.6 Å². The van der Waals surface area contributed by atoms with Crippen molar-refractivity contribution in [3.8, 4) is 0 Å². The van der Waals surface area contributed by atoms with E-state index in [1.807, 2.05) is 30.3 Å². The van der Waals surface area contributed by atoms with Gasteiger partial charge in [0.1, 0.15) is 11.7 Å². The molecule has 1 aromatic carbocycles. The molecule has 5 heteroatoms. The number of hydrogen-bond acceptors (Lipinski definition) is 5. The maximum absolute atomic E-state index is 12.6. The molecule has 116 valence electrons. The maximum atomic E-state index is 12.6. The summed E-state index contributed by atoms with van der Waals surface area (Å²) < 4.78 is 5.58. The Bertz CT molecular complexity index is 497. The Morgan fingerprint density at radius 1 is 1.43 bits per heavy atom. The molecule has 2 rings (SSSR count). The van der Waals surface area contributed by atoms with Crippen LogP contribution in [0.15, 0.2) is 30.3 Å². The number of hydrogen-bond donors (Lipinski definition) is 1. The third-order valence-electron chi connectivity index (χ3n) is 3.56. The fourth-order valence-electron chi connectivity index (χ4n) is 2.61. The van der Waals surface area contributed by atoms with Crippen molar-refractivity contribution in [1.29, 1.82) is 0 Å². The molecule has 1 aliphatic heterocycles. The molecular formula is C16H22O5. The number of carbonyl (C=O) groups excluding carboxylic acids is 1. The first-order chi connectivity index (χ1) is 9.78. The Hall–Kier alpha value is -1.43. The molecule has 1 aliphatic rings. The summed E-state index contributed by atoms with van der Waals surface area (Å²) in [7, 11) is 0. The lowest BCUT2D eigenvalue weighted by Gasteiger charge is -2.44. The quantitative estimate of drug-likeness (QED) is 0.667. The lowest BCUT2D eigenvalue weighted by atomic mass is 9.87. The lowest BCUT2D eigenvalue weighted by molar-refractivity contribution is -0.501. The first-order valence-electron chi connectivity index (χ1n) is 7.09. The van der Waals surface area contributed by atoms with Gasteiger partial charge in [0.05, 0.1) is 6.10 Å². The molecule has 1 aromatic rings. The second kappa shape index (κ2) is 5.75. The Kier molecular flexibility index (Phi) is 4.37. The summed E-state index contributed by atoms with van der Waals surface area (Å²) >= 11 is 0. The van der Waals surface area contributed by atoms with Crippen LogP contribution in [-0.4, -0.2) is 28.9 Å². The fourth-order valence-corrected chi connectivity index (χ4v) is 2.61. The Balaban J connectivity index is 2.22. The van der Waals surface area contributed by atoms with E-state index >= 15 is 0 Å². The van der Waals surface area contributed by atoms with Gasteiger partial charge < -0.3 is 9.84 Å². The zero-order chi connectivity index (χ0) is 15.7. The van der Waals surface area contributed by atoms with E-state index in [9.17, 15) is 9.90 Å². The van der Waals surface area contributed by atoms with Crippen LogP contribution >= 0.6 is 0 Å². The van der Waals surface area contributed by atoms with Gasteiger partial charge in [-0.05, 0) is 27.7 Å². The molecule has 3 unspecified atom stereocenters. The standard InChI is InChI=1S/C16H22O5/c1-11(17)10-15(3,4)19-14(18)16(12(2)20-21-16)13-8-6-5-7-9-13/h5-9,11-12,17H,10H2,1-4H3. The van der Waals surface area contributed by atoms with E-state index < -0.39 is 29.4 Å². The van der Waals surface area contributed by atoms with Gasteiger partial charge in [-0.2, -0.15) is 0 Å². The number of benzene rings is 1. The summed E-state index contributed by atoms with van der Waals surface area (Å²) in [4.78, 5) is 22.8. The van der Waals surface area contributed by atoms with E-state index in [2.05, 4.69) is 0 Å². The van der Waals surface area contributed by atoms with Crippen LogP contribution in [0.4, 0.5) is 0 Å². The molecule has 0 amide bonds. The Morgan fingerprint density at radius 3 is 2.48 bits per heavy atom. The highest BCUT2D eigenvalue weighted by atomic mass is 17.3. The SMILES string of the molecule is CC(O)CC(C)(C)OC(=O)C1(c2ccccc2)OOC1C. The van der Waals surface area contributed by atoms with Gasteiger partial charge in [0, 0.05) is 12.0 Å². The summed E-state index contributed by atoms with van der Waals surface area (Å²) in [5, 5.41) is 9.50. The van der Waals surface area contributed by atoms with E-state index in [4.69, 9.17) is 14.5 Å². The minimum absolute atomic E-state index is 0.346. The third kappa shape index (κ3) is 3.10. The van der Waals surface area contributed by atoms with Crippen molar-refractivity contribution >= 4 is 5.97 Å². The van der Waals surface area contributed by atoms with E-state index in [0.717, 1.165) is 0 Å². The minimum atomic E-state index is -1.24. The van der Waals surface area contributed by atoms with Crippen LogP contribution in [0.2, 0.25) is 0 Å². The number of ether oxygens (including phenoxy) is 1. The number of rotatable bonds is 5. The van der Waals surface area contributed by atoms with Crippen molar-refractivity contribution in [2.24, 2.45) is 0 Å². The minimum Gasteiger partial charge on any atom is -0.457 e. The average molecular weight is 294 g/mol. The second-order valence-electron chi connectivity index (χ2n) is 6.13. The number of aliphatic hydroxyl groups is 1. The molecule has 0 aromatic heterocycles. The van der Waals surface area contributed by atoms with Crippen LogP contribution < -0.4 is 0 Å². The van der Waals surface area contributed by atoms with Gasteiger partial charge in [-0.3, -0.25) is 0 Å². The predicted molar refractivity (Wildman–Crippen MR) is 76.2 cm³/mol. The van der Waals surface area contributed by atoms with Crippen LogP contribution in [0.5, 0.6) is 0 Å². The molecule has 0 aliphatic carbocycles. The highest BCUT2D eigenvalue weighted by Gasteiger charge is 2.59. The van der Waals surface area contributed by atoms with Gasteiger partial charge >= 0.3 is 5.97 Å². The average Bonchev–Trinajstić information content (AvgIpc) is 2.36. The van der Waals surface area contributed by atoms with E-state index in [0.29, 0.717) is 12.0 Å². The van der Waals surface area contributed by atoms with Crippen LogP contribution in [0.25, 0.3) is 0 Å². The Labute approximate surface area is 124 Å². The van der Waals surface area contributed by atoms with Crippen molar-refractivity contribution in [1.82, 2.24) is 0 Å². The van der Waals surface area contributed by atoms with Gasteiger partial charge in [-0.15, -0.1) is 0 Å². The smallest absolute Gasteiger partial charge is 0.350 e. The van der Waals surface area contributed by atoms with Crippen LogP contribution in [-0.2, 0) is 24.9 Å². The van der Waals surface area contributed by atoms with Gasteiger partial charge in [0.15, 0.2) is 0 Å². The normalized spacial score (nSPS) is 26.8. The third-order valence-corrected chi connectivity index (χ3v) is 3.56. The van der Waals surface area contributed by atoms with E-state index in [-0.39, 0.29) is 0 Å². The van der Waals surface area contributed by atoms with Gasteiger partial charge in [0.2, 0.25) is 0 Å². The molecule has 1 saturated heterocycles. The number of esters is 1. The number of carbonyl (C=O) groups is 1. The molecule has 21 heavy (non-hydrogen) atoms. The highest BCUT2D eigenvalue weighted by Crippen LogP contribution is 2.42. The topological polar surface area (TPSA) is 65.0 Å². The summed E-state index contributed by atoms with van der Waals surface area (Å²) in [6.45, 7) is 6.95. The first-order valence-corrected chi connectivity index (χ1v) is 7.09. The van der Waals surface area contributed by atoms with Gasteiger partial charge in [0.25, 0.3) is 5.60 Å². The zero-order valence-corrected chi connectivity index (χ0v) is 12.8. The Morgan fingerprint density at radius 2 is 2.05 bits per heavy atom. The fraction of sp³-hybridized carbons (Fsp3) is 0.562. The van der Waals surface area contributed by atoms with E-state index in [1.54, 1.807) is 27.7 Å². The second-order valence-corrected chi connectivity index (χ2v) is 6.13. The zero-order valence-electron chi connectivity index (χ0n) is 12.8. The molecular weight excluding hydrogens is 272 g/mol. The first kappa shape index (κ1) is 15.9. The monoisotopic (exact) mass is 294 g/mol. The molecule has 0 saturated carbocycles. The van der Waals surface area contributed by atoms with Crippen molar-refractivity contribution < 1.29 is 24.4 Å². The molecule has 5 nitrogen and oxygen atoms in total. The van der Waals surface area contributed by atoms with Gasteiger partial charge in [-0.1, -0.05) is 30.3 Å². The van der Waals surface area contributed by atoms with Crippen molar-refractivity contribution in [2.45, 2.75) is 57.5 Å². The molecule has 1 N–H and O–H groups in total. The van der Waals surface area contributed by atoms with Crippen LogP contribution in [0.3, 0.4) is 0 Å². The lowest BCUT2D eigenvalue weighted by Crippen LogP contribution is -2.59. The summed E-state index contributed by atoms with van der Waals surface area (Å²) in [6.07, 6.45) is -0.648. The summed E-state index contributed by atoms with van der Waals surface area (Å²) in [6, 6.07) is 9.15. The van der Waals surface area contributed by atoms with Crippen molar-refractivity contribution in [3.63, 3.8) is 0 Å². The van der Waals surface area contributed by atoms with Crippen molar-refractivity contribution in [3.05, 3.63) is 35.9 Å². The molecule has 0 spiro atoms. The largest absolute Gasteiger partial charge is 0.457 e. The summed E-state index contributed by atoms with van der Waals surface area (Å²) in [5.41, 5.74) is -1.33. The molecule has 0 radical (unpaired) electrons. The molecule has 0 bridgehead atoms. The predicted octanol–water partition coefficient (Wildman–Crippen LogP) is 2.32. The molecule has 3 atom stereocenters. The summed E-state index contributed by atoms with van der Waals surface area (Å²) in [5.74, 6) is -0.502. The van der Waals surface area contributed by atoms with E-state index in [1.165, 1.54) is 0 Å². The maximum Gasteiger partial charge on any atom is 0.350 e. The van der Waals surface area contributed by atoms with Crippen LogP contribution in [0, 0.1) is 0 Å². The van der Waals surface area contributed by atoms with Crippen LogP contribution in [0.1, 0.15) is 39.7 Å².